The Kier molecular flexibility index (Phi) is 8.75. The first-order chi connectivity index (χ1) is 13.8. The Morgan fingerprint density at radius 2 is 0.433 bits per heavy atom. The van der Waals surface area contributed by atoms with E-state index in [0.29, 0.717) is 0 Å². The molecule has 0 spiro atoms. The third-order valence-electron chi connectivity index (χ3n) is 3.75. The molecule has 30 heavy (non-hydrogen) atoms. The van der Waals surface area contributed by atoms with E-state index in [-0.39, 0.29) is 0 Å². The first kappa shape index (κ1) is 24.9. The molecule has 0 aromatic rings. The molecule has 1 rings (SSSR count). The van der Waals surface area contributed by atoms with Gasteiger partial charge in [0, 0.05) is 0 Å². The fourth-order valence-electron chi connectivity index (χ4n) is 1.91. The van der Waals surface area contributed by atoms with Crippen LogP contribution in [0.25, 0.3) is 0 Å². The Labute approximate surface area is 172 Å². The van der Waals surface area contributed by atoms with Gasteiger partial charge in [-0.3, -0.25) is 0 Å². The second-order valence-electron chi connectivity index (χ2n) is 6.47. The third kappa shape index (κ3) is 7.01. The van der Waals surface area contributed by atoms with Crippen LogP contribution in [0.5, 0.6) is 0 Å². The summed E-state index contributed by atoms with van der Waals surface area (Å²) in [6.07, 6.45) is -8.63. The van der Waals surface area contributed by atoms with Crippen LogP contribution in [0.4, 0.5) is 0 Å². The summed E-state index contributed by atoms with van der Waals surface area (Å²) in [6, 6.07) is 0. The van der Waals surface area contributed by atoms with Crippen molar-refractivity contribution in [3.05, 3.63) is 0 Å². The normalized spacial score (nSPS) is 33.0. The van der Waals surface area contributed by atoms with Gasteiger partial charge in [-0.05, 0) is 41.5 Å². The highest BCUT2D eigenvalue weighted by Gasteiger charge is 2.33. The van der Waals surface area contributed by atoms with Crippen LogP contribution in [-0.2, 0) is 57.2 Å². The van der Waals surface area contributed by atoms with Crippen LogP contribution < -0.4 is 0 Å². The smallest absolute Gasteiger partial charge is 0.347 e. The Hall–Kier alpha value is -3.18. The van der Waals surface area contributed by atoms with Gasteiger partial charge in [0.25, 0.3) is 0 Å². The molecule has 1 heterocycles. The first-order valence-electron chi connectivity index (χ1n) is 9.06. The van der Waals surface area contributed by atoms with Gasteiger partial charge >= 0.3 is 35.8 Å². The lowest BCUT2D eigenvalue weighted by atomic mass is 10.3. The molecule has 0 amide bonds. The minimum atomic E-state index is -1.44. The maximum Gasteiger partial charge on any atom is 0.347 e. The standard InChI is InChI=1S/C18H24O12/c1-7-13(19)26-9(3)15(21)28-11(5)17(23)30-12(6)18(24)29-10(4)16(22)27-8(2)14(20)25-7/h7-12H,1-6H3/t7-,8-,9-,10-,11-,12-/m0/s1. The predicted octanol–water partition coefficient (Wildman–Crippen LogP) is -0.410. The molecular formula is C18H24O12. The fourth-order valence-corrected chi connectivity index (χ4v) is 1.91. The lowest BCUT2D eigenvalue weighted by molar-refractivity contribution is -0.191. The lowest BCUT2D eigenvalue weighted by Crippen LogP contribution is -2.40. The summed E-state index contributed by atoms with van der Waals surface area (Å²) in [5, 5.41) is 0. The van der Waals surface area contributed by atoms with Crippen molar-refractivity contribution in [3.63, 3.8) is 0 Å². The topological polar surface area (TPSA) is 158 Å². The number of hydrogen-bond acceptors (Lipinski definition) is 12. The van der Waals surface area contributed by atoms with E-state index < -0.39 is 72.4 Å². The number of rotatable bonds is 0. The maximum absolute atomic E-state index is 12.0. The van der Waals surface area contributed by atoms with Crippen LogP contribution in [0, 0.1) is 0 Å². The molecule has 1 fully saturated rings. The SMILES string of the molecule is C[C@@H]1OC(=O)[C@H](C)OC(=O)[C@H](C)OC(=O)[C@H](C)OC(=O)[C@H](C)OC(=O)[C@H](C)OC1=O. The van der Waals surface area contributed by atoms with Gasteiger partial charge in [-0.15, -0.1) is 0 Å². The van der Waals surface area contributed by atoms with Crippen LogP contribution >= 0.6 is 0 Å². The molecule has 0 bridgehead atoms. The summed E-state index contributed by atoms with van der Waals surface area (Å²) in [7, 11) is 0. The van der Waals surface area contributed by atoms with Crippen LogP contribution in [0.3, 0.4) is 0 Å². The molecule has 1 aliphatic heterocycles. The van der Waals surface area contributed by atoms with Gasteiger partial charge in [-0.25, -0.2) is 28.8 Å². The zero-order chi connectivity index (χ0) is 23.2. The van der Waals surface area contributed by atoms with E-state index in [4.69, 9.17) is 28.4 Å². The number of cyclic esters (lactones) is 6. The van der Waals surface area contributed by atoms with E-state index in [1.54, 1.807) is 0 Å². The van der Waals surface area contributed by atoms with Crippen molar-refractivity contribution in [1.29, 1.82) is 0 Å². The quantitative estimate of drug-likeness (QED) is 0.360. The molecule has 12 heteroatoms. The van der Waals surface area contributed by atoms with Gasteiger partial charge in [0.05, 0.1) is 0 Å². The number of hydrogen-bond donors (Lipinski definition) is 0. The van der Waals surface area contributed by atoms with E-state index in [2.05, 4.69) is 0 Å². The average Bonchev–Trinajstić information content (AvgIpc) is 2.66. The van der Waals surface area contributed by atoms with Crippen molar-refractivity contribution < 1.29 is 57.2 Å². The zero-order valence-corrected chi connectivity index (χ0v) is 17.4. The molecule has 0 aromatic heterocycles. The van der Waals surface area contributed by atoms with Crippen LogP contribution in [0.2, 0.25) is 0 Å². The van der Waals surface area contributed by atoms with Gasteiger partial charge in [0.15, 0.2) is 36.6 Å². The van der Waals surface area contributed by atoms with Gasteiger partial charge in [0.2, 0.25) is 0 Å². The van der Waals surface area contributed by atoms with E-state index in [0.717, 1.165) is 0 Å². The highest BCUT2D eigenvalue weighted by Crippen LogP contribution is 2.10. The Bertz CT molecular complexity index is 559. The zero-order valence-electron chi connectivity index (χ0n) is 17.4. The molecule has 0 saturated carbocycles. The summed E-state index contributed by atoms with van der Waals surface area (Å²) in [5.41, 5.74) is 0. The molecule has 1 saturated heterocycles. The lowest BCUT2D eigenvalue weighted by Gasteiger charge is -2.22. The molecule has 0 aromatic carbocycles. The van der Waals surface area contributed by atoms with Crippen LogP contribution in [0.1, 0.15) is 41.5 Å². The van der Waals surface area contributed by atoms with Gasteiger partial charge in [0.1, 0.15) is 0 Å². The first-order valence-corrected chi connectivity index (χ1v) is 9.06. The van der Waals surface area contributed by atoms with Crippen molar-refractivity contribution in [3.8, 4) is 0 Å². The molecule has 0 aliphatic carbocycles. The summed E-state index contributed by atoms with van der Waals surface area (Å²) in [5.74, 6) is -6.42. The monoisotopic (exact) mass is 432 g/mol. The molecule has 168 valence electrons. The molecule has 12 nitrogen and oxygen atoms in total. The largest absolute Gasteiger partial charge is 0.448 e. The fraction of sp³-hybridized carbons (Fsp3) is 0.667. The molecular weight excluding hydrogens is 408 g/mol. The Morgan fingerprint density at radius 1 is 0.333 bits per heavy atom. The Morgan fingerprint density at radius 3 is 0.533 bits per heavy atom. The van der Waals surface area contributed by atoms with Gasteiger partial charge < -0.3 is 28.4 Å². The minimum Gasteiger partial charge on any atom is -0.448 e. The molecule has 0 radical (unpaired) electrons. The predicted molar refractivity (Wildman–Crippen MR) is 93.3 cm³/mol. The summed E-state index contributed by atoms with van der Waals surface area (Å²) in [4.78, 5) is 72.0. The van der Waals surface area contributed by atoms with E-state index in [1.165, 1.54) is 41.5 Å². The van der Waals surface area contributed by atoms with Crippen molar-refractivity contribution in [1.82, 2.24) is 0 Å². The number of ether oxygens (including phenoxy) is 6. The highest BCUT2D eigenvalue weighted by molar-refractivity contribution is 5.88. The Balaban J connectivity index is 3.04. The number of carbonyl (C=O) groups is 6. The molecule has 0 unspecified atom stereocenters. The van der Waals surface area contributed by atoms with Crippen LogP contribution in [0.15, 0.2) is 0 Å². The number of carbonyl (C=O) groups excluding carboxylic acids is 6. The minimum absolute atomic E-state index is 1.07. The maximum atomic E-state index is 12.0. The highest BCUT2D eigenvalue weighted by atomic mass is 16.7. The summed E-state index contributed by atoms with van der Waals surface area (Å²) >= 11 is 0. The molecule has 6 atom stereocenters. The summed E-state index contributed by atoms with van der Waals surface area (Å²) in [6.45, 7) is 7.07. The molecule has 0 N–H and O–H groups in total. The van der Waals surface area contributed by atoms with E-state index >= 15 is 0 Å². The average molecular weight is 432 g/mol. The number of esters is 6. The van der Waals surface area contributed by atoms with Gasteiger partial charge in [-0.2, -0.15) is 0 Å². The van der Waals surface area contributed by atoms with Crippen molar-refractivity contribution in [2.24, 2.45) is 0 Å². The van der Waals surface area contributed by atoms with Gasteiger partial charge in [-0.1, -0.05) is 0 Å². The molecule has 1 aliphatic rings. The summed E-state index contributed by atoms with van der Waals surface area (Å²) < 4.78 is 29.0. The van der Waals surface area contributed by atoms with Crippen molar-refractivity contribution in [2.45, 2.75) is 78.2 Å². The van der Waals surface area contributed by atoms with E-state index in [1.807, 2.05) is 0 Å². The second-order valence-corrected chi connectivity index (χ2v) is 6.47. The third-order valence-corrected chi connectivity index (χ3v) is 3.75. The van der Waals surface area contributed by atoms with Crippen LogP contribution in [-0.4, -0.2) is 72.4 Å². The second kappa shape index (κ2) is 10.6. The van der Waals surface area contributed by atoms with Crippen molar-refractivity contribution in [2.75, 3.05) is 0 Å². The van der Waals surface area contributed by atoms with E-state index in [9.17, 15) is 28.8 Å². The van der Waals surface area contributed by atoms with Crippen molar-refractivity contribution >= 4 is 35.8 Å².